The van der Waals surface area contributed by atoms with Crippen LogP contribution in [0.3, 0.4) is 0 Å². The van der Waals surface area contributed by atoms with Gasteiger partial charge in [0.15, 0.2) is 11.5 Å². The van der Waals surface area contributed by atoms with Gasteiger partial charge in [-0.25, -0.2) is 4.79 Å². The van der Waals surface area contributed by atoms with E-state index in [9.17, 15) is 9.90 Å². The van der Waals surface area contributed by atoms with E-state index in [0.29, 0.717) is 28.9 Å². The second-order valence-corrected chi connectivity index (χ2v) is 12.2. The summed E-state index contributed by atoms with van der Waals surface area (Å²) in [6.45, 7) is 4.87. The first-order valence-electron chi connectivity index (χ1n) is 14.7. The number of cyclic esters (lactones) is 1. The predicted octanol–water partition coefficient (Wildman–Crippen LogP) is 5.60. The van der Waals surface area contributed by atoms with E-state index in [1.54, 1.807) is 14.0 Å². The van der Waals surface area contributed by atoms with Gasteiger partial charge in [0.25, 0.3) is 0 Å². The molecule has 0 bridgehead atoms. The van der Waals surface area contributed by atoms with Gasteiger partial charge in [-0.2, -0.15) is 0 Å². The van der Waals surface area contributed by atoms with Crippen molar-refractivity contribution in [3.05, 3.63) is 46.8 Å². The molecule has 3 fully saturated rings. The number of carbonyl (C=O) groups is 1. The molecule has 6 aliphatic rings. The van der Waals surface area contributed by atoms with Crippen LogP contribution in [-0.2, 0) is 19.0 Å². The summed E-state index contributed by atoms with van der Waals surface area (Å²) in [6, 6.07) is 0.481. The lowest BCUT2D eigenvalue weighted by molar-refractivity contribution is -0.133. The highest BCUT2D eigenvalue weighted by atomic mass is 16.6. The normalized spacial score (nSPS) is 39.6. The Morgan fingerprint density at radius 2 is 1.92 bits per heavy atom. The van der Waals surface area contributed by atoms with E-state index in [0.717, 1.165) is 56.2 Å². The van der Waals surface area contributed by atoms with Gasteiger partial charge in [0.2, 0.25) is 5.76 Å². The van der Waals surface area contributed by atoms with Crippen LogP contribution in [0.4, 0.5) is 0 Å². The van der Waals surface area contributed by atoms with Gasteiger partial charge in [-0.15, -0.1) is 0 Å². The Morgan fingerprint density at radius 3 is 2.70 bits per heavy atom. The van der Waals surface area contributed by atoms with Gasteiger partial charge in [-0.05, 0) is 56.9 Å². The first kappa shape index (κ1) is 25.2. The van der Waals surface area contributed by atoms with Gasteiger partial charge >= 0.3 is 5.97 Å². The molecule has 1 N–H and O–H groups in total. The fraction of sp³-hybridized carbons (Fsp3) is 0.710. The number of fused-ring (bicyclic) bond motifs is 3. The molecule has 2 saturated heterocycles. The van der Waals surface area contributed by atoms with Crippen LogP contribution in [0.15, 0.2) is 46.8 Å². The minimum atomic E-state index is -0.366. The molecule has 0 aromatic heterocycles. The first-order valence-corrected chi connectivity index (χ1v) is 14.7. The minimum absolute atomic E-state index is 0.0629. The number of hydrogen-bond acceptors (Lipinski definition) is 6. The van der Waals surface area contributed by atoms with Crippen LogP contribution in [0.5, 0.6) is 0 Å². The van der Waals surface area contributed by atoms with Gasteiger partial charge in [0.1, 0.15) is 5.76 Å². The van der Waals surface area contributed by atoms with E-state index < -0.39 is 0 Å². The van der Waals surface area contributed by atoms with E-state index >= 15 is 0 Å². The summed E-state index contributed by atoms with van der Waals surface area (Å²) < 4.78 is 17.6. The number of ether oxygens (including phenoxy) is 3. The molecule has 202 valence electrons. The lowest BCUT2D eigenvalue weighted by atomic mass is 9.73. The Hall–Kier alpha value is -2.05. The van der Waals surface area contributed by atoms with Gasteiger partial charge < -0.3 is 19.3 Å². The Morgan fingerprint density at radius 1 is 1.11 bits per heavy atom. The fourth-order valence-corrected chi connectivity index (χ4v) is 8.40. The van der Waals surface area contributed by atoms with Crippen LogP contribution < -0.4 is 0 Å². The lowest BCUT2D eigenvalue weighted by Crippen LogP contribution is -2.56. The molecule has 1 saturated carbocycles. The molecule has 0 spiro atoms. The summed E-state index contributed by atoms with van der Waals surface area (Å²) in [4.78, 5) is 14.9. The average Bonchev–Trinajstić information content (AvgIpc) is 3.59. The third-order valence-electron chi connectivity index (χ3n) is 10.3. The SMILES string of the molecule is COC1=C(C)C(=O)OC1=C1OC2=CCCN3C(C(O)C4C=CCC(C5CCCC5)C4)CCCC3C2C1C. The third kappa shape index (κ3) is 4.38. The maximum absolute atomic E-state index is 12.3. The van der Waals surface area contributed by atoms with Crippen molar-refractivity contribution in [1.29, 1.82) is 0 Å². The average molecular weight is 510 g/mol. The molecule has 0 radical (unpaired) electrons. The Balaban J connectivity index is 1.23. The molecule has 2 aliphatic carbocycles. The van der Waals surface area contributed by atoms with Crippen molar-refractivity contribution in [2.45, 2.75) is 96.2 Å². The zero-order chi connectivity index (χ0) is 25.7. The van der Waals surface area contributed by atoms with E-state index in [-0.39, 0.29) is 35.9 Å². The van der Waals surface area contributed by atoms with Crippen LogP contribution in [0, 0.1) is 29.6 Å². The number of aliphatic hydroxyl groups is 1. The Labute approximate surface area is 221 Å². The molecule has 0 aromatic carbocycles. The van der Waals surface area contributed by atoms with E-state index in [4.69, 9.17) is 14.2 Å². The molecule has 7 atom stereocenters. The van der Waals surface area contributed by atoms with Crippen molar-refractivity contribution in [1.82, 2.24) is 4.90 Å². The monoisotopic (exact) mass is 509 g/mol. The van der Waals surface area contributed by atoms with Gasteiger partial charge in [-0.1, -0.05) is 51.2 Å². The highest BCUT2D eigenvalue weighted by Gasteiger charge is 2.50. The number of piperidine rings is 1. The summed E-state index contributed by atoms with van der Waals surface area (Å²) in [6.07, 6.45) is 18.6. The van der Waals surface area contributed by atoms with Crippen LogP contribution in [0.2, 0.25) is 0 Å². The van der Waals surface area contributed by atoms with Crippen LogP contribution in [0.1, 0.15) is 78.1 Å². The number of hydrogen-bond donors (Lipinski definition) is 1. The zero-order valence-corrected chi connectivity index (χ0v) is 22.7. The number of methoxy groups -OCH3 is 1. The minimum Gasteiger partial charge on any atom is -0.492 e. The summed E-state index contributed by atoms with van der Waals surface area (Å²) in [5, 5.41) is 11.8. The maximum Gasteiger partial charge on any atom is 0.343 e. The second kappa shape index (κ2) is 10.3. The van der Waals surface area contributed by atoms with Crippen molar-refractivity contribution in [2.75, 3.05) is 13.7 Å². The second-order valence-electron chi connectivity index (χ2n) is 12.2. The summed E-state index contributed by atoms with van der Waals surface area (Å²) in [5.74, 6) is 4.35. The Kier molecular flexibility index (Phi) is 7.00. The van der Waals surface area contributed by atoms with E-state index in [1.165, 1.54) is 32.1 Å². The summed E-state index contributed by atoms with van der Waals surface area (Å²) in [5.41, 5.74) is 0.487. The first-order chi connectivity index (χ1) is 18.0. The maximum atomic E-state index is 12.3. The molecule has 7 unspecified atom stereocenters. The van der Waals surface area contributed by atoms with Crippen molar-refractivity contribution in [3.63, 3.8) is 0 Å². The smallest absolute Gasteiger partial charge is 0.343 e. The third-order valence-corrected chi connectivity index (χ3v) is 10.3. The molecule has 6 nitrogen and oxygen atoms in total. The molecule has 4 aliphatic heterocycles. The molecule has 0 amide bonds. The number of carbonyl (C=O) groups excluding carboxylic acids is 1. The number of allylic oxidation sites excluding steroid dienone is 2. The van der Waals surface area contributed by atoms with Crippen molar-refractivity contribution in [3.8, 4) is 0 Å². The number of esters is 1. The lowest BCUT2D eigenvalue weighted by Gasteiger charge is -2.47. The molecule has 6 heteroatoms. The van der Waals surface area contributed by atoms with Crippen LogP contribution >= 0.6 is 0 Å². The number of aliphatic hydroxyl groups excluding tert-OH is 1. The van der Waals surface area contributed by atoms with E-state index in [1.807, 2.05) is 0 Å². The molecule has 6 rings (SSSR count). The molecular weight excluding hydrogens is 466 g/mol. The van der Waals surface area contributed by atoms with E-state index in [2.05, 4.69) is 30.1 Å². The van der Waals surface area contributed by atoms with Crippen LogP contribution in [0.25, 0.3) is 0 Å². The standard InChI is InChI=1S/C31H43NO5/c1-18-26-23-13-7-14-24(27(33)22-12-6-11-21(17-22)20-9-4-5-10-20)32(23)16-8-15-25(26)36-29(18)30-28(35-3)19(2)31(34)37-30/h6,12,15,18,20-24,26-27,33H,4-5,7-11,13-14,16-17H2,1-3H3. The van der Waals surface area contributed by atoms with Gasteiger partial charge in [0.05, 0.1) is 18.8 Å². The topological polar surface area (TPSA) is 68.2 Å². The Bertz CT molecular complexity index is 1030. The van der Waals surface area contributed by atoms with Gasteiger partial charge in [0, 0.05) is 36.4 Å². The fourth-order valence-electron chi connectivity index (χ4n) is 8.40. The predicted molar refractivity (Wildman–Crippen MR) is 141 cm³/mol. The largest absolute Gasteiger partial charge is 0.492 e. The van der Waals surface area contributed by atoms with Crippen molar-refractivity contribution < 1.29 is 24.1 Å². The number of nitrogens with zero attached hydrogens (tertiary/aromatic N) is 1. The van der Waals surface area contributed by atoms with Crippen LogP contribution in [-0.4, -0.2) is 47.8 Å². The molecule has 37 heavy (non-hydrogen) atoms. The highest BCUT2D eigenvalue weighted by Crippen LogP contribution is 2.50. The molecular formula is C31H43NO5. The number of rotatable bonds is 4. The highest BCUT2D eigenvalue weighted by molar-refractivity contribution is 5.93. The summed E-state index contributed by atoms with van der Waals surface area (Å²) in [7, 11) is 1.57. The quantitative estimate of drug-likeness (QED) is 0.393. The van der Waals surface area contributed by atoms with Gasteiger partial charge in [-0.3, -0.25) is 4.90 Å². The van der Waals surface area contributed by atoms with Crippen molar-refractivity contribution >= 4 is 5.97 Å². The zero-order valence-electron chi connectivity index (χ0n) is 22.7. The molecule has 0 aromatic rings. The summed E-state index contributed by atoms with van der Waals surface area (Å²) >= 11 is 0. The molecule has 4 heterocycles. The van der Waals surface area contributed by atoms with Crippen molar-refractivity contribution in [2.24, 2.45) is 29.6 Å².